The van der Waals surface area contributed by atoms with E-state index in [1.165, 1.54) is 0 Å². The van der Waals surface area contributed by atoms with Crippen molar-refractivity contribution in [2.75, 3.05) is 39.3 Å². The molecule has 1 aliphatic heterocycles. The van der Waals surface area contributed by atoms with Crippen LogP contribution in [0.5, 0.6) is 0 Å². The standard InChI is InChI=1S/C13H28N2O/c1-5-12(11-16)10-14-6-8-15(9-7-14)13(2,3)4/h12,16H,5-11H2,1-4H3. The second-order valence-electron chi connectivity index (χ2n) is 5.92. The van der Waals surface area contributed by atoms with Gasteiger partial charge in [0.1, 0.15) is 0 Å². The van der Waals surface area contributed by atoms with Gasteiger partial charge in [-0.2, -0.15) is 0 Å². The van der Waals surface area contributed by atoms with Gasteiger partial charge in [-0.05, 0) is 33.1 Å². The summed E-state index contributed by atoms with van der Waals surface area (Å²) in [5.41, 5.74) is 0.299. The second-order valence-corrected chi connectivity index (χ2v) is 5.92. The average Bonchev–Trinajstić information content (AvgIpc) is 2.25. The minimum absolute atomic E-state index is 0.299. The normalized spacial score (nSPS) is 22.3. The zero-order valence-corrected chi connectivity index (χ0v) is 11.4. The van der Waals surface area contributed by atoms with Crippen molar-refractivity contribution in [1.29, 1.82) is 0 Å². The largest absolute Gasteiger partial charge is 0.396 e. The number of piperazine rings is 1. The maximum absolute atomic E-state index is 9.20. The Hall–Kier alpha value is -0.120. The summed E-state index contributed by atoms with van der Waals surface area (Å²) in [6.45, 7) is 15.0. The van der Waals surface area contributed by atoms with E-state index >= 15 is 0 Å². The van der Waals surface area contributed by atoms with Crippen molar-refractivity contribution in [3.05, 3.63) is 0 Å². The van der Waals surface area contributed by atoms with Crippen LogP contribution in [0.3, 0.4) is 0 Å². The van der Waals surface area contributed by atoms with E-state index in [0.717, 1.165) is 39.1 Å². The van der Waals surface area contributed by atoms with Crippen LogP contribution in [-0.4, -0.2) is 59.8 Å². The minimum atomic E-state index is 0.299. The third-order valence-corrected chi connectivity index (χ3v) is 3.67. The van der Waals surface area contributed by atoms with E-state index in [2.05, 4.69) is 37.5 Å². The van der Waals surface area contributed by atoms with Gasteiger partial charge in [0.25, 0.3) is 0 Å². The summed E-state index contributed by atoms with van der Waals surface area (Å²) in [5, 5.41) is 9.20. The van der Waals surface area contributed by atoms with Gasteiger partial charge in [-0.15, -0.1) is 0 Å². The van der Waals surface area contributed by atoms with E-state index < -0.39 is 0 Å². The maximum Gasteiger partial charge on any atom is 0.0471 e. The Kier molecular flexibility index (Phi) is 5.22. The lowest BCUT2D eigenvalue weighted by atomic mass is 10.0. The first-order valence-corrected chi connectivity index (χ1v) is 6.55. The van der Waals surface area contributed by atoms with Crippen LogP contribution in [0.1, 0.15) is 34.1 Å². The fourth-order valence-corrected chi connectivity index (χ4v) is 2.28. The van der Waals surface area contributed by atoms with E-state index in [0.29, 0.717) is 18.1 Å². The Balaban J connectivity index is 2.32. The molecule has 1 fully saturated rings. The lowest BCUT2D eigenvalue weighted by Crippen LogP contribution is -2.54. The molecule has 0 radical (unpaired) electrons. The fourth-order valence-electron chi connectivity index (χ4n) is 2.28. The van der Waals surface area contributed by atoms with Crippen molar-refractivity contribution < 1.29 is 5.11 Å². The van der Waals surface area contributed by atoms with Gasteiger partial charge in [0, 0.05) is 44.9 Å². The van der Waals surface area contributed by atoms with E-state index in [9.17, 15) is 5.11 Å². The highest BCUT2D eigenvalue weighted by molar-refractivity contribution is 4.82. The molecule has 1 aliphatic rings. The van der Waals surface area contributed by atoms with Gasteiger partial charge >= 0.3 is 0 Å². The molecule has 3 heteroatoms. The third kappa shape index (κ3) is 4.04. The molecule has 96 valence electrons. The van der Waals surface area contributed by atoms with Gasteiger partial charge in [0.05, 0.1) is 0 Å². The van der Waals surface area contributed by atoms with Crippen LogP contribution in [0.15, 0.2) is 0 Å². The van der Waals surface area contributed by atoms with Gasteiger partial charge in [0.15, 0.2) is 0 Å². The summed E-state index contributed by atoms with van der Waals surface area (Å²) in [6.07, 6.45) is 1.08. The zero-order valence-electron chi connectivity index (χ0n) is 11.4. The average molecular weight is 228 g/mol. The highest BCUT2D eigenvalue weighted by Gasteiger charge is 2.26. The first kappa shape index (κ1) is 13.9. The molecule has 0 aliphatic carbocycles. The van der Waals surface area contributed by atoms with Crippen molar-refractivity contribution in [3.63, 3.8) is 0 Å². The van der Waals surface area contributed by atoms with Crippen LogP contribution in [0.25, 0.3) is 0 Å². The highest BCUT2D eigenvalue weighted by Crippen LogP contribution is 2.16. The predicted octanol–water partition coefficient (Wildman–Crippen LogP) is 1.42. The van der Waals surface area contributed by atoms with E-state index in [-0.39, 0.29) is 0 Å². The number of aliphatic hydroxyl groups is 1. The van der Waals surface area contributed by atoms with Gasteiger partial charge < -0.3 is 10.0 Å². The monoisotopic (exact) mass is 228 g/mol. The SMILES string of the molecule is CCC(CO)CN1CCN(C(C)(C)C)CC1. The molecule has 0 amide bonds. The molecule has 1 rings (SSSR count). The molecule has 1 heterocycles. The molecular formula is C13H28N2O. The van der Waals surface area contributed by atoms with E-state index in [1.54, 1.807) is 0 Å². The molecule has 0 aromatic rings. The lowest BCUT2D eigenvalue weighted by Gasteiger charge is -2.42. The molecule has 1 N–H and O–H groups in total. The maximum atomic E-state index is 9.20. The van der Waals surface area contributed by atoms with Crippen molar-refractivity contribution in [3.8, 4) is 0 Å². The lowest BCUT2D eigenvalue weighted by molar-refractivity contribution is 0.0489. The number of nitrogens with zero attached hydrogens (tertiary/aromatic N) is 2. The Morgan fingerprint density at radius 1 is 1.12 bits per heavy atom. The number of hydrogen-bond acceptors (Lipinski definition) is 3. The summed E-state index contributed by atoms with van der Waals surface area (Å²) in [5.74, 6) is 0.459. The van der Waals surface area contributed by atoms with E-state index in [1.807, 2.05) is 0 Å². The molecule has 0 saturated carbocycles. The molecule has 1 atom stereocenters. The van der Waals surface area contributed by atoms with Crippen molar-refractivity contribution in [2.45, 2.75) is 39.7 Å². The summed E-state index contributed by atoms with van der Waals surface area (Å²) < 4.78 is 0. The predicted molar refractivity (Wildman–Crippen MR) is 68.6 cm³/mol. The summed E-state index contributed by atoms with van der Waals surface area (Å²) in [6, 6.07) is 0. The molecular weight excluding hydrogens is 200 g/mol. The number of aliphatic hydroxyl groups excluding tert-OH is 1. The first-order valence-electron chi connectivity index (χ1n) is 6.55. The van der Waals surface area contributed by atoms with Crippen molar-refractivity contribution in [1.82, 2.24) is 9.80 Å². The van der Waals surface area contributed by atoms with Crippen LogP contribution in [0, 0.1) is 5.92 Å². The van der Waals surface area contributed by atoms with Crippen LogP contribution < -0.4 is 0 Å². The summed E-state index contributed by atoms with van der Waals surface area (Å²) in [7, 11) is 0. The minimum Gasteiger partial charge on any atom is -0.396 e. The highest BCUT2D eigenvalue weighted by atomic mass is 16.3. The topological polar surface area (TPSA) is 26.7 Å². The van der Waals surface area contributed by atoms with Crippen LogP contribution >= 0.6 is 0 Å². The Morgan fingerprint density at radius 2 is 1.69 bits per heavy atom. The quantitative estimate of drug-likeness (QED) is 0.788. The number of rotatable bonds is 4. The number of hydrogen-bond donors (Lipinski definition) is 1. The molecule has 0 bridgehead atoms. The third-order valence-electron chi connectivity index (χ3n) is 3.67. The van der Waals surface area contributed by atoms with Gasteiger partial charge in [0.2, 0.25) is 0 Å². The molecule has 0 aromatic carbocycles. The molecule has 0 spiro atoms. The molecule has 1 saturated heterocycles. The smallest absolute Gasteiger partial charge is 0.0471 e. The van der Waals surface area contributed by atoms with Crippen LogP contribution in [0.2, 0.25) is 0 Å². The Morgan fingerprint density at radius 3 is 2.06 bits per heavy atom. The van der Waals surface area contributed by atoms with Gasteiger partial charge in [-0.3, -0.25) is 4.90 Å². The van der Waals surface area contributed by atoms with Crippen molar-refractivity contribution in [2.24, 2.45) is 5.92 Å². The van der Waals surface area contributed by atoms with Crippen LogP contribution in [-0.2, 0) is 0 Å². The Labute approximate surface area is 100 Å². The molecule has 3 nitrogen and oxygen atoms in total. The summed E-state index contributed by atoms with van der Waals surface area (Å²) >= 11 is 0. The van der Waals surface area contributed by atoms with Crippen molar-refractivity contribution >= 4 is 0 Å². The fraction of sp³-hybridized carbons (Fsp3) is 1.00. The second kappa shape index (κ2) is 5.99. The molecule has 0 aromatic heterocycles. The molecule has 1 unspecified atom stereocenters. The molecule has 16 heavy (non-hydrogen) atoms. The van der Waals surface area contributed by atoms with Crippen LogP contribution in [0.4, 0.5) is 0 Å². The van der Waals surface area contributed by atoms with Gasteiger partial charge in [-0.1, -0.05) is 6.92 Å². The Bertz CT molecular complexity index is 189. The van der Waals surface area contributed by atoms with Gasteiger partial charge in [-0.25, -0.2) is 0 Å². The first-order chi connectivity index (χ1) is 7.47. The zero-order chi connectivity index (χ0) is 12.2. The summed E-state index contributed by atoms with van der Waals surface area (Å²) in [4.78, 5) is 5.04. The van der Waals surface area contributed by atoms with E-state index in [4.69, 9.17) is 0 Å².